The third-order valence-corrected chi connectivity index (χ3v) is 6.22. The number of thiophene rings is 1. The van der Waals surface area contributed by atoms with Gasteiger partial charge in [-0.15, -0.1) is 11.3 Å². The molecule has 0 aliphatic carbocycles. The molecule has 1 aromatic heterocycles. The van der Waals surface area contributed by atoms with Crippen LogP contribution in [-0.4, -0.2) is 38.4 Å². The van der Waals surface area contributed by atoms with Crippen molar-refractivity contribution in [2.75, 3.05) is 14.1 Å². The first-order valence-electron chi connectivity index (χ1n) is 7.16. The van der Waals surface area contributed by atoms with E-state index in [9.17, 15) is 13.2 Å². The molecule has 1 amide bonds. The maximum absolute atomic E-state index is 12.2. The number of hydrazone groups is 1. The molecule has 2 aromatic rings. The Morgan fingerprint density at radius 3 is 2.50 bits per heavy atom. The first-order chi connectivity index (χ1) is 11.2. The van der Waals surface area contributed by atoms with Crippen LogP contribution in [0.3, 0.4) is 0 Å². The number of carbonyl (C=O) groups excluding carboxylic acids is 1. The first kappa shape index (κ1) is 18.3. The summed E-state index contributed by atoms with van der Waals surface area (Å²) in [5, 5.41) is 4.08. The van der Waals surface area contributed by atoms with Crippen molar-refractivity contribution >= 4 is 33.0 Å². The Bertz CT molecular complexity index is 883. The first-order valence-corrected chi connectivity index (χ1v) is 9.41. The summed E-state index contributed by atoms with van der Waals surface area (Å²) in [6.07, 6.45) is 0. The minimum Gasteiger partial charge on any atom is -0.267 e. The molecule has 1 heterocycles. The number of nitrogens with one attached hydrogen (secondary N) is 1. The SMILES string of the molecule is C/C(=N/NC(=O)c1cccc(S(=O)(=O)N(C)C)c1)c1ccc(C)s1. The number of sulfonamides is 1. The van der Waals surface area contributed by atoms with Crippen molar-refractivity contribution in [2.24, 2.45) is 5.10 Å². The van der Waals surface area contributed by atoms with Crippen LogP contribution in [0.5, 0.6) is 0 Å². The smallest absolute Gasteiger partial charge is 0.267 e. The highest BCUT2D eigenvalue weighted by atomic mass is 32.2. The molecule has 0 spiro atoms. The van der Waals surface area contributed by atoms with Gasteiger partial charge in [0.05, 0.1) is 15.5 Å². The van der Waals surface area contributed by atoms with Crippen molar-refractivity contribution in [3.63, 3.8) is 0 Å². The van der Waals surface area contributed by atoms with Crippen molar-refractivity contribution in [2.45, 2.75) is 18.7 Å². The number of aryl methyl sites for hydroxylation is 1. The van der Waals surface area contributed by atoms with Gasteiger partial charge in [0.15, 0.2) is 0 Å². The van der Waals surface area contributed by atoms with Gasteiger partial charge in [0, 0.05) is 24.5 Å². The van der Waals surface area contributed by atoms with Crippen molar-refractivity contribution in [1.29, 1.82) is 0 Å². The van der Waals surface area contributed by atoms with Crippen LogP contribution < -0.4 is 5.43 Å². The largest absolute Gasteiger partial charge is 0.271 e. The average molecular weight is 365 g/mol. The molecule has 0 fully saturated rings. The molecular weight excluding hydrogens is 346 g/mol. The van der Waals surface area contributed by atoms with Crippen molar-refractivity contribution in [3.05, 3.63) is 51.7 Å². The second kappa shape index (κ2) is 7.25. The van der Waals surface area contributed by atoms with E-state index in [1.807, 2.05) is 19.1 Å². The molecule has 1 aromatic carbocycles. The van der Waals surface area contributed by atoms with Crippen LogP contribution in [-0.2, 0) is 10.0 Å². The topological polar surface area (TPSA) is 78.8 Å². The number of hydrogen-bond donors (Lipinski definition) is 1. The molecule has 0 aliphatic rings. The van der Waals surface area contributed by atoms with E-state index in [1.165, 1.54) is 32.3 Å². The molecule has 0 radical (unpaired) electrons. The number of rotatable bonds is 5. The summed E-state index contributed by atoms with van der Waals surface area (Å²) in [7, 11) is -0.699. The fourth-order valence-corrected chi connectivity index (χ4v) is 3.65. The quantitative estimate of drug-likeness (QED) is 0.653. The summed E-state index contributed by atoms with van der Waals surface area (Å²) in [5.41, 5.74) is 3.39. The molecule has 6 nitrogen and oxygen atoms in total. The lowest BCUT2D eigenvalue weighted by atomic mass is 10.2. The number of benzene rings is 1. The Morgan fingerprint density at radius 2 is 1.92 bits per heavy atom. The van der Waals surface area contributed by atoms with Crippen LogP contribution in [0.2, 0.25) is 0 Å². The highest BCUT2D eigenvalue weighted by molar-refractivity contribution is 7.89. The summed E-state index contributed by atoms with van der Waals surface area (Å²) < 4.78 is 25.4. The summed E-state index contributed by atoms with van der Waals surface area (Å²) >= 11 is 1.59. The van der Waals surface area contributed by atoms with Gasteiger partial charge in [0.2, 0.25) is 10.0 Å². The Balaban J connectivity index is 2.19. The van der Waals surface area contributed by atoms with E-state index >= 15 is 0 Å². The molecule has 1 N–H and O–H groups in total. The minimum absolute atomic E-state index is 0.0646. The Labute approximate surface area is 145 Å². The number of hydrogen-bond acceptors (Lipinski definition) is 5. The van der Waals surface area contributed by atoms with Gasteiger partial charge in [-0.3, -0.25) is 4.79 Å². The normalized spacial score (nSPS) is 12.5. The predicted molar refractivity (Wildman–Crippen MR) is 96.0 cm³/mol. The lowest BCUT2D eigenvalue weighted by Crippen LogP contribution is -2.23. The summed E-state index contributed by atoms with van der Waals surface area (Å²) in [4.78, 5) is 14.4. The zero-order valence-electron chi connectivity index (χ0n) is 13.9. The minimum atomic E-state index is -3.59. The number of carbonyl (C=O) groups is 1. The van der Waals surface area contributed by atoms with E-state index in [1.54, 1.807) is 24.3 Å². The molecule has 0 saturated heterocycles. The van der Waals surface area contributed by atoms with Crippen LogP contribution in [0.4, 0.5) is 0 Å². The molecule has 0 unspecified atom stereocenters. The van der Waals surface area contributed by atoms with Crippen molar-refractivity contribution in [3.8, 4) is 0 Å². The van der Waals surface area contributed by atoms with Gasteiger partial charge in [0.1, 0.15) is 0 Å². The molecule has 24 heavy (non-hydrogen) atoms. The van der Waals surface area contributed by atoms with Gasteiger partial charge >= 0.3 is 0 Å². The zero-order chi connectivity index (χ0) is 17.9. The molecule has 2 rings (SSSR count). The van der Waals surface area contributed by atoms with E-state index in [0.29, 0.717) is 5.71 Å². The van der Waals surface area contributed by atoms with Gasteiger partial charge in [0.25, 0.3) is 5.91 Å². The number of nitrogens with zero attached hydrogens (tertiary/aromatic N) is 2. The van der Waals surface area contributed by atoms with E-state index < -0.39 is 15.9 Å². The molecule has 128 valence electrons. The van der Waals surface area contributed by atoms with Gasteiger partial charge in [-0.1, -0.05) is 6.07 Å². The highest BCUT2D eigenvalue weighted by Gasteiger charge is 2.18. The lowest BCUT2D eigenvalue weighted by Gasteiger charge is -2.11. The second-order valence-corrected chi connectivity index (χ2v) is 8.80. The maximum Gasteiger partial charge on any atom is 0.271 e. The standard InChI is InChI=1S/C16H19N3O3S2/c1-11-8-9-15(23-11)12(2)17-18-16(20)13-6-5-7-14(10-13)24(21,22)19(3)4/h5-10H,1-4H3,(H,18,20)/b17-12-. The summed E-state index contributed by atoms with van der Waals surface area (Å²) in [6.45, 7) is 3.80. The summed E-state index contributed by atoms with van der Waals surface area (Å²) in [6, 6.07) is 9.79. The van der Waals surface area contributed by atoms with Crippen LogP contribution >= 0.6 is 11.3 Å². The predicted octanol–water partition coefficient (Wildman–Crippen LogP) is 2.46. The third-order valence-electron chi connectivity index (χ3n) is 3.30. The third kappa shape index (κ3) is 4.08. The Kier molecular flexibility index (Phi) is 5.53. The van der Waals surface area contributed by atoms with E-state index in [2.05, 4.69) is 10.5 Å². The number of amides is 1. The van der Waals surface area contributed by atoms with Crippen molar-refractivity contribution < 1.29 is 13.2 Å². The van der Waals surface area contributed by atoms with Crippen LogP contribution in [0, 0.1) is 6.92 Å². The average Bonchev–Trinajstić information content (AvgIpc) is 2.98. The monoisotopic (exact) mass is 365 g/mol. The molecular formula is C16H19N3O3S2. The summed E-state index contributed by atoms with van der Waals surface area (Å²) in [5.74, 6) is -0.460. The second-order valence-electron chi connectivity index (χ2n) is 5.36. The van der Waals surface area contributed by atoms with Gasteiger partial charge in [-0.2, -0.15) is 5.10 Å². The zero-order valence-corrected chi connectivity index (χ0v) is 15.5. The molecule has 0 aliphatic heterocycles. The van der Waals surface area contributed by atoms with E-state index in [0.717, 1.165) is 14.1 Å². The van der Waals surface area contributed by atoms with Crippen LogP contribution in [0.25, 0.3) is 0 Å². The maximum atomic E-state index is 12.2. The molecule has 0 atom stereocenters. The van der Waals surface area contributed by atoms with Gasteiger partial charge in [-0.05, 0) is 44.2 Å². The molecule has 8 heteroatoms. The van der Waals surface area contributed by atoms with E-state index in [4.69, 9.17) is 0 Å². The van der Waals surface area contributed by atoms with Gasteiger partial charge < -0.3 is 0 Å². The molecule has 0 bridgehead atoms. The van der Waals surface area contributed by atoms with Gasteiger partial charge in [-0.25, -0.2) is 18.1 Å². The molecule has 0 saturated carbocycles. The van der Waals surface area contributed by atoms with Crippen LogP contribution in [0.1, 0.15) is 27.0 Å². The van der Waals surface area contributed by atoms with Crippen LogP contribution in [0.15, 0.2) is 46.4 Å². The lowest BCUT2D eigenvalue weighted by molar-refractivity contribution is 0.0954. The van der Waals surface area contributed by atoms with Crippen molar-refractivity contribution in [1.82, 2.24) is 9.73 Å². The fourth-order valence-electron chi connectivity index (χ4n) is 1.89. The highest BCUT2D eigenvalue weighted by Crippen LogP contribution is 2.16. The Morgan fingerprint density at radius 1 is 1.21 bits per heavy atom. The Hall–Kier alpha value is -2.03. The fraction of sp³-hybridized carbons (Fsp3) is 0.250. The van der Waals surface area contributed by atoms with E-state index in [-0.39, 0.29) is 10.5 Å².